The molecule has 0 radical (unpaired) electrons. The minimum Gasteiger partial charge on any atom is -0.503 e. The molecule has 2 saturated heterocycles. The van der Waals surface area contributed by atoms with Crippen molar-refractivity contribution < 1.29 is 32.7 Å². The van der Waals surface area contributed by atoms with Crippen molar-refractivity contribution in [3.05, 3.63) is 62.8 Å². The van der Waals surface area contributed by atoms with Gasteiger partial charge in [-0.3, -0.25) is 19.2 Å². The average Bonchev–Trinajstić information content (AvgIpc) is 3.15. The maximum absolute atomic E-state index is 14.2. The second kappa shape index (κ2) is 8.09. The maximum atomic E-state index is 14.2. The van der Waals surface area contributed by atoms with Gasteiger partial charge in [-0.05, 0) is 26.2 Å². The van der Waals surface area contributed by atoms with E-state index in [9.17, 15) is 32.7 Å². The highest BCUT2D eigenvalue weighted by Crippen LogP contribution is 2.47. The van der Waals surface area contributed by atoms with Crippen LogP contribution in [0.4, 0.5) is 13.2 Å². The molecule has 3 aliphatic heterocycles. The Balaban J connectivity index is 1.57. The molecular formula is C23H23F3N4O5. The number of rotatable bonds is 3. The first-order chi connectivity index (χ1) is 16.5. The molecule has 3 aliphatic rings. The van der Waals surface area contributed by atoms with Crippen molar-refractivity contribution in [2.45, 2.75) is 50.4 Å². The highest BCUT2D eigenvalue weighted by molar-refractivity contribution is 5.99. The lowest BCUT2D eigenvalue weighted by atomic mass is 9.85. The number of amides is 2. The molecule has 5 rings (SSSR count). The summed E-state index contributed by atoms with van der Waals surface area (Å²) in [6, 6.07) is 0.331. The molecule has 2 aromatic rings. The van der Waals surface area contributed by atoms with Crippen LogP contribution in [0, 0.1) is 17.5 Å². The van der Waals surface area contributed by atoms with E-state index < -0.39 is 57.7 Å². The molecule has 9 nitrogen and oxygen atoms in total. The number of aromatic hydroxyl groups is 1. The fourth-order valence-electron chi connectivity index (χ4n) is 5.39. The van der Waals surface area contributed by atoms with Gasteiger partial charge in [-0.1, -0.05) is 0 Å². The van der Waals surface area contributed by atoms with E-state index in [0.717, 1.165) is 0 Å². The zero-order valence-electron chi connectivity index (χ0n) is 18.8. The van der Waals surface area contributed by atoms with Crippen molar-refractivity contribution in [2.24, 2.45) is 5.73 Å². The number of benzene rings is 1. The summed E-state index contributed by atoms with van der Waals surface area (Å²) in [6.07, 6.45) is 2.54. The molecule has 2 fully saturated rings. The van der Waals surface area contributed by atoms with E-state index in [1.807, 2.05) is 6.92 Å². The first-order valence-corrected chi connectivity index (χ1v) is 11.2. The topological polar surface area (TPSA) is 118 Å². The minimum absolute atomic E-state index is 0.167. The monoisotopic (exact) mass is 492 g/mol. The normalized spacial score (nSPS) is 26.2. The zero-order valence-corrected chi connectivity index (χ0v) is 18.8. The summed E-state index contributed by atoms with van der Waals surface area (Å²) in [5, 5.41) is 12.0. The number of aromatic nitrogens is 1. The van der Waals surface area contributed by atoms with Crippen molar-refractivity contribution in [3.63, 3.8) is 0 Å². The second-order valence-electron chi connectivity index (χ2n) is 9.32. The Morgan fingerprint density at radius 1 is 1.23 bits per heavy atom. The standard InChI is InChI=1S/C23H23F3N4O5/c1-11-2-3-23(4-5-28(35-23)8-13-15(25)6-12(24)7-16(13)26)17-10-29(11)22(34)18-20(32)19(31)14(21(27)33)9-30(17)18/h6-7,9,11,17,32H,2-5,8,10H2,1H3,(H2,27,33). The van der Waals surface area contributed by atoms with E-state index in [1.54, 1.807) is 4.90 Å². The summed E-state index contributed by atoms with van der Waals surface area (Å²) in [5.41, 5.74) is 2.25. The summed E-state index contributed by atoms with van der Waals surface area (Å²) in [6.45, 7) is 2.01. The number of hydrogen-bond donors (Lipinski definition) is 2. The summed E-state index contributed by atoms with van der Waals surface area (Å²) in [4.78, 5) is 45.4. The molecule has 12 heteroatoms. The SMILES string of the molecule is CC1CCC2(CCN(Cc3c(F)cc(F)cc3F)O2)C2CN1C(=O)c1c(O)c(=O)c(C(N)=O)cn12. The van der Waals surface area contributed by atoms with E-state index in [4.69, 9.17) is 10.6 Å². The van der Waals surface area contributed by atoms with Crippen LogP contribution in [0.2, 0.25) is 0 Å². The lowest BCUT2D eigenvalue weighted by Crippen LogP contribution is -2.52. The van der Waals surface area contributed by atoms with Crippen LogP contribution in [0.5, 0.6) is 5.75 Å². The molecule has 3 atom stereocenters. The molecule has 3 N–H and O–H groups in total. The number of nitrogens with two attached hydrogens (primary N) is 1. The van der Waals surface area contributed by atoms with Crippen molar-refractivity contribution >= 4 is 11.8 Å². The van der Waals surface area contributed by atoms with Crippen molar-refractivity contribution in [1.82, 2.24) is 14.5 Å². The fourth-order valence-corrected chi connectivity index (χ4v) is 5.39. The van der Waals surface area contributed by atoms with Gasteiger partial charge < -0.3 is 20.3 Å². The molecule has 0 saturated carbocycles. The number of carbonyl (C=O) groups is 2. The Labute approximate surface area is 197 Å². The maximum Gasteiger partial charge on any atom is 0.274 e. The molecule has 4 heterocycles. The molecule has 2 bridgehead atoms. The van der Waals surface area contributed by atoms with Gasteiger partial charge in [0.1, 0.15) is 28.6 Å². The molecule has 3 unspecified atom stereocenters. The van der Waals surface area contributed by atoms with Crippen LogP contribution in [0.3, 0.4) is 0 Å². The van der Waals surface area contributed by atoms with Gasteiger partial charge in [-0.2, -0.15) is 5.06 Å². The van der Waals surface area contributed by atoms with Crippen LogP contribution < -0.4 is 11.2 Å². The van der Waals surface area contributed by atoms with Gasteiger partial charge in [-0.25, -0.2) is 13.2 Å². The van der Waals surface area contributed by atoms with Crippen LogP contribution in [-0.4, -0.2) is 56.2 Å². The highest BCUT2D eigenvalue weighted by atomic mass is 19.1. The van der Waals surface area contributed by atoms with E-state index in [2.05, 4.69) is 0 Å². The van der Waals surface area contributed by atoms with E-state index in [-0.39, 0.29) is 36.9 Å². The van der Waals surface area contributed by atoms with Crippen LogP contribution in [0.1, 0.15) is 58.6 Å². The average molecular weight is 492 g/mol. The summed E-state index contributed by atoms with van der Waals surface area (Å²) >= 11 is 0. The molecule has 1 aromatic carbocycles. The van der Waals surface area contributed by atoms with E-state index >= 15 is 0 Å². The van der Waals surface area contributed by atoms with Crippen molar-refractivity contribution in [2.75, 3.05) is 13.1 Å². The minimum atomic E-state index is -1.05. The zero-order chi connectivity index (χ0) is 25.2. The molecule has 1 aromatic heterocycles. The van der Waals surface area contributed by atoms with Crippen LogP contribution in [0.15, 0.2) is 23.1 Å². The Hall–Kier alpha value is -3.38. The fraction of sp³-hybridized carbons (Fsp3) is 0.435. The molecule has 0 aliphatic carbocycles. The van der Waals surface area contributed by atoms with Gasteiger partial charge in [0.05, 0.1) is 12.6 Å². The summed E-state index contributed by atoms with van der Waals surface area (Å²) in [5.74, 6) is -5.56. The quantitative estimate of drug-likeness (QED) is 0.675. The van der Waals surface area contributed by atoms with E-state index in [1.165, 1.54) is 15.8 Å². The Bertz CT molecular complexity index is 1290. The van der Waals surface area contributed by atoms with Crippen molar-refractivity contribution in [3.8, 4) is 5.75 Å². The number of hydrogen-bond acceptors (Lipinski definition) is 6. The predicted molar refractivity (Wildman–Crippen MR) is 115 cm³/mol. The number of halogens is 3. The number of fused-ring (bicyclic) bond motifs is 5. The lowest BCUT2D eigenvalue weighted by Gasteiger charge is -2.42. The molecule has 35 heavy (non-hydrogen) atoms. The Morgan fingerprint density at radius 3 is 2.57 bits per heavy atom. The first-order valence-electron chi connectivity index (χ1n) is 11.2. The predicted octanol–water partition coefficient (Wildman–Crippen LogP) is 1.83. The third-order valence-corrected chi connectivity index (χ3v) is 7.30. The number of hydroxylamine groups is 2. The first kappa shape index (κ1) is 23.4. The Morgan fingerprint density at radius 2 is 1.91 bits per heavy atom. The number of nitrogens with zero attached hydrogens (tertiary/aromatic N) is 3. The highest BCUT2D eigenvalue weighted by Gasteiger charge is 2.54. The summed E-state index contributed by atoms with van der Waals surface area (Å²) in [7, 11) is 0. The van der Waals surface area contributed by atoms with Gasteiger partial charge >= 0.3 is 0 Å². The van der Waals surface area contributed by atoms with Gasteiger partial charge in [0.25, 0.3) is 11.8 Å². The van der Waals surface area contributed by atoms with Gasteiger partial charge in [0.15, 0.2) is 11.4 Å². The van der Waals surface area contributed by atoms with Gasteiger partial charge in [0.2, 0.25) is 5.43 Å². The van der Waals surface area contributed by atoms with Gasteiger partial charge in [0, 0.05) is 43.0 Å². The smallest absolute Gasteiger partial charge is 0.274 e. The largest absolute Gasteiger partial charge is 0.503 e. The molecule has 186 valence electrons. The third kappa shape index (κ3) is 3.59. The van der Waals surface area contributed by atoms with Crippen LogP contribution in [-0.2, 0) is 11.4 Å². The third-order valence-electron chi connectivity index (χ3n) is 7.30. The van der Waals surface area contributed by atoms with Gasteiger partial charge in [-0.15, -0.1) is 0 Å². The summed E-state index contributed by atoms with van der Waals surface area (Å²) < 4.78 is 43.2. The number of pyridine rings is 1. The second-order valence-corrected chi connectivity index (χ2v) is 9.32. The Kier molecular flexibility index (Phi) is 5.40. The van der Waals surface area contributed by atoms with Crippen LogP contribution >= 0.6 is 0 Å². The molecular weight excluding hydrogens is 469 g/mol. The van der Waals surface area contributed by atoms with Crippen molar-refractivity contribution in [1.29, 1.82) is 0 Å². The lowest BCUT2D eigenvalue weighted by molar-refractivity contribution is -0.217. The van der Waals surface area contributed by atoms with Crippen LogP contribution in [0.25, 0.3) is 0 Å². The van der Waals surface area contributed by atoms with E-state index in [0.29, 0.717) is 31.4 Å². The number of carbonyl (C=O) groups excluding carboxylic acids is 2. The number of primary amides is 1. The molecule has 2 amide bonds. The molecule has 1 spiro atoms.